The second-order valence-corrected chi connectivity index (χ2v) is 8.00. The fourth-order valence-electron chi connectivity index (χ4n) is 3.24. The molecule has 0 unspecified atom stereocenters. The molecule has 3 aromatic rings. The minimum absolute atomic E-state index is 0.190. The number of aromatic nitrogens is 3. The van der Waals surface area contributed by atoms with Gasteiger partial charge in [-0.2, -0.15) is 4.98 Å². The van der Waals surface area contributed by atoms with E-state index in [1.165, 1.54) is 19.3 Å². The van der Waals surface area contributed by atoms with E-state index in [2.05, 4.69) is 27.4 Å². The van der Waals surface area contributed by atoms with Crippen LogP contribution in [0.5, 0.6) is 11.6 Å². The molecule has 1 aliphatic rings. The molecule has 29 heavy (non-hydrogen) atoms. The maximum atomic E-state index is 9.88. The lowest BCUT2D eigenvalue weighted by Crippen LogP contribution is -2.17. The summed E-state index contributed by atoms with van der Waals surface area (Å²) in [4.78, 5) is 4.65. The Kier molecular flexibility index (Phi) is 6.14. The topological polar surface area (TPSA) is 80.2 Å². The summed E-state index contributed by atoms with van der Waals surface area (Å²) in [7, 11) is 0. The van der Waals surface area contributed by atoms with Crippen LogP contribution in [0.15, 0.2) is 53.7 Å². The van der Waals surface area contributed by atoms with Gasteiger partial charge in [0.15, 0.2) is 11.9 Å². The molecule has 150 valence electrons. The fourth-order valence-corrected chi connectivity index (χ4v) is 4.02. The number of anilines is 1. The van der Waals surface area contributed by atoms with Gasteiger partial charge in [0, 0.05) is 22.6 Å². The fraction of sp³-hybridized carbons (Fsp3) is 0.318. The van der Waals surface area contributed by atoms with Gasteiger partial charge in [0.2, 0.25) is 11.0 Å². The van der Waals surface area contributed by atoms with Crippen molar-refractivity contribution < 1.29 is 9.84 Å². The summed E-state index contributed by atoms with van der Waals surface area (Å²) in [6.07, 6.45) is 4.33. The number of hydrogen-bond donors (Lipinski definition) is 2. The van der Waals surface area contributed by atoms with E-state index in [-0.39, 0.29) is 5.75 Å². The van der Waals surface area contributed by atoms with Crippen molar-refractivity contribution in [3.05, 3.63) is 54.1 Å². The number of hydrogen-bond acceptors (Lipinski definition) is 7. The first-order chi connectivity index (χ1) is 14.2. The van der Waals surface area contributed by atoms with E-state index in [4.69, 9.17) is 4.74 Å². The number of fused-ring (bicyclic) bond motifs is 3. The van der Waals surface area contributed by atoms with Crippen LogP contribution in [0.2, 0.25) is 0 Å². The van der Waals surface area contributed by atoms with Crippen molar-refractivity contribution in [1.82, 2.24) is 15.2 Å². The van der Waals surface area contributed by atoms with Gasteiger partial charge >= 0.3 is 0 Å². The molecule has 7 heteroatoms. The van der Waals surface area contributed by atoms with Gasteiger partial charge in [-0.3, -0.25) is 0 Å². The maximum absolute atomic E-state index is 9.88. The van der Waals surface area contributed by atoms with Crippen molar-refractivity contribution in [1.29, 1.82) is 0 Å². The van der Waals surface area contributed by atoms with Crippen molar-refractivity contribution in [2.45, 2.75) is 44.0 Å². The zero-order valence-electron chi connectivity index (χ0n) is 16.3. The number of rotatable bonds is 7. The van der Waals surface area contributed by atoms with Crippen LogP contribution in [0.4, 0.5) is 5.69 Å². The van der Waals surface area contributed by atoms with Crippen molar-refractivity contribution in [3.8, 4) is 22.9 Å². The summed E-state index contributed by atoms with van der Waals surface area (Å²) >= 11 is 1.61. The highest BCUT2D eigenvalue weighted by atomic mass is 32.2. The van der Waals surface area contributed by atoms with Gasteiger partial charge in [0.05, 0.1) is 0 Å². The number of phenols is 1. The highest BCUT2D eigenvalue weighted by Crippen LogP contribution is 2.39. The minimum Gasteiger partial charge on any atom is -0.508 e. The maximum Gasteiger partial charge on any atom is 0.247 e. The third kappa shape index (κ3) is 4.62. The summed E-state index contributed by atoms with van der Waals surface area (Å²) in [6, 6.07) is 14.9. The van der Waals surface area contributed by atoms with E-state index in [9.17, 15) is 5.11 Å². The minimum atomic E-state index is -0.497. The molecule has 1 atom stereocenters. The molecular formula is C22H24N4O2S. The Morgan fingerprint density at radius 2 is 1.97 bits per heavy atom. The summed E-state index contributed by atoms with van der Waals surface area (Å²) in [5.41, 5.74) is 3.20. The molecule has 0 amide bonds. The van der Waals surface area contributed by atoms with E-state index in [0.29, 0.717) is 16.7 Å². The van der Waals surface area contributed by atoms with Crippen LogP contribution in [0.1, 0.15) is 44.4 Å². The summed E-state index contributed by atoms with van der Waals surface area (Å²) < 4.78 is 6.22. The van der Waals surface area contributed by atoms with Crippen molar-refractivity contribution in [2.75, 3.05) is 11.1 Å². The molecule has 0 bridgehead atoms. The lowest BCUT2D eigenvalue weighted by Gasteiger charge is -2.19. The molecule has 1 aliphatic heterocycles. The average molecular weight is 409 g/mol. The molecule has 1 aromatic heterocycles. The number of thioether (sulfide) groups is 1. The lowest BCUT2D eigenvalue weighted by atomic mass is 10.1. The monoisotopic (exact) mass is 408 g/mol. The van der Waals surface area contributed by atoms with Gasteiger partial charge < -0.3 is 15.2 Å². The highest BCUT2D eigenvalue weighted by molar-refractivity contribution is 7.99. The van der Waals surface area contributed by atoms with Crippen LogP contribution in [-0.2, 0) is 0 Å². The van der Waals surface area contributed by atoms with Crippen molar-refractivity contribution in [2.24, 2.45) is 0 Å². The number of phenolic OH excluding ortho intramolecular Hbond substituents is 1. The van der Waals surface area contributed by atoms with Crippen LogP contribution in [-0.4, -0.2) is 26.0 Å². The highest BCUT2D eigenvalue weighted by Gasteiger charge is 2.26. The largest absolute Gasteiger partial charge is 0.508 e. The van der Waals surface area contributed by atoms with Gasteiger partial charge in [-0.1, -0.05) is 68.3 Å². The normalized spacial score (nSPS) is 14.9. The molecule has 0 fully saturated rings. The first-order valence-corrected chi connectivity index (χ1v) is 10.9. The molecule has 0 saturated carbocycles. The predicted octanol–water partition coefficient (Wildman–Crippen LogP) is 5.42. The molecule has 0 radical (unpaired) electrons. The van der Waals surface area contributed by atoms with Gasteiger partial charge in [0.25, 0.3) is 0 Å². The number of aromatic hydroxyl groups is 1. The van der Waals surface area contributed by atoms with Gasteiger partial charge in [-0.25, -0.2) is 0 Å². The Hall–Kier alpha value is -2.80. The Labute approximate surface area is 174 Å². The van der Waals surface area contributed by atoms with Crippen molar-refractivity contribution in [3.63, 3.8) is 0 Å². The van der Waals surface area contributed by atoms with Gasteiger partial charge in [-0.05, 0) is 24.6 Å². The molecule has 2 heterocycles. The lowest BCUT2D eigenvalue weighted by molar-refractivity contribution is 0.225. The number of nitrogens with one attached hydrogen (secondary N) is 1. The van der Waals surface area contributed by atoms with E-state index in [1.54, 1.807) is 30.0 Å². The summed E-state index contributed by atoms with van der Waals surface area (Å²) in [5, 5.41) is 22.6. The van der Waals surface area contributed by atoms with Crippen LogP contribution in [0.25, 0.3) is 11.3 Å². The van der Waals surface area contributed by atoms with E-state index in [0.717, 1.165) is 29.0 Å². The number of unbranched alkanes of at least 4 members (excludes halogenated alkanes) is 3. The Balaban J connectivity index is 1.63. The predicted molar refractivity (Wildman–Crippen MR) is 115 cm³/mol. The molecule has 0 saturated heterocycles. The average Bonchev–Trinajstić information content (AvgIpc) is 2.90. The number of benzene rings is 2. The standard InChI is InChI=1S/C22H24N4O2S/c1-2-3-4-7-13-29-22-24-21-19(25-26-22)17-11-5-6-12-18(17)23-20(28-21)15-9-8-10-16(27)14-15/h5-6,8-12,14,20,23,27H,2-4,7,13H2,1H3/t20-/m1/s1. The molecule has 0 spiro atoms. The van der Waals surface area contributed by atoms with Crippen LogP contribution in [0, 0.1) is 0 Å². The third-order valence-corrected chi connectivity index (χ3v) is 5.66. The van der Waals surface area contributed by atoms with Crippen LogP contribution >= 0.6 is 11.8 Å². The molecule has 4 rings (SSSR count). The molecule has 6 nitrogen and oxygen atoms in total. The van der Waals surface area contributed by atoms with Crippen LogP contribution in [0.3, 0.4) is 0 Å². The number of nitrogens with zero attached hydrogens (tertiary/aromatic N) is 3. The first kappa shape index (κ1) is 19.5. The Morgan fingerprint density at radius 3 is 2.83 bits per heavy atom. The van der Waals surface area contributed by atoms with Gasteiger partial charge in [0.1, 0.15) is 5.75 Å². The second kappa shape index (κ2) is 9.13. The number of para-hydroxylation sites is 1. The van der Waals surface area contributed by atoms with Crippen molar-refractivity contribution >= 4 is 17.4 Å². The quantitative estimate of drug-likeness (QED) is 0.399. The third-order valence-electron chi connectivity index (χ3n) is 4.74. The van der Waals surface area contributed by atoms with E-state index < -0.39 is 6.23 Å². The molecule has 0 aliphatic carbocycles. The zero-order valence-corrected chi connectivity index (χ0v) is 17.2. The Bertz CT molecular complexity index is 983. The zero-order chi connectivity index (χ0) is 20.1. The Morgan fingerprint density at radius 1 is 1.07 bits per heavy atom. The van der Waals surface area contributed by atoms with E-state index in [1.807, 2.05) is 30.3 Å². The second-order valence-electron chi connectivity index (χ2n) is 6.94. The summed E-state index contributed by atoms with van der Waals surface area (Å²) in [5.74, 6) is 1.60. The molecule has 2 N–H and O–H groups in total. The summed E-state index contributed by atoms with van der Waals surface area (Å²) in [6.45, 7) is 2.21. The molecular weight excluding hydrogens is 384 g/mol. The smallest absolute Gasteiger partial charge is 0.247 e. The first-order valence-electron chi connectivity index (χ1n) is 9.93. The van der Waals surface area contributed by atoms with Gasteiger partial charge in [-0.15, -0.1) is 10.2 Å². The SMILES string of the molecule is CCCCCCSc1nnc2c(n1)O[C@H](c1cccc(O)c1)Nc1ccccc1-2. The van der Waals surface area contributed by atoms with E-state index >= 15 is 0 Å². The van der Waals surface area contributed by atoms with Crippen LogP contribution < -0.4 is 10.1 Å². The number of ether oxygens (including phenoxy) is 1. The molecule has 2 aromatic carbocycles.